The van der Waals surface area contributed by atoms with Gasteiger partial charge in [0.1, 0.15) is 0 Å². The Morgan fingerprint density at radius 1 is 1.03 bits per heavy atom. The number of benzene rings is 1. The van der Waals surface area contributed by atoms with Crippen molar-refractivity contribution >= 4 is 16.8 Å². The number of hydrogen-bond acceptors (Lipinski definition) is 4. The van der Waals surface area contributed by atoms with Crippen molar-refractivity contribution in [3.8, 4) is 0 Å². The predicted octanol–water partition coefficient (Wildman–Crippen LogP) is 4.75. The molecule has 1 N–H and O–H groups in total. The second-order valence-corrected chi connectivity index (χ2v) is 9.56. The fourth-order valence-corrected chi connectivity index (χ4v) is 4.34. The first-order chi connectivity index (χ1) is 14.9. The highest BCUT2D eigenvalue weighted by Gasteiger charge is 2.32. The minimum absolute atomic E-state index is 0.0446. The molecule has 2 aromatic heterocycles. The lowest BCUT2D eigenvalue weighted by molar-refractivity contribution is -0.129. The van der Waals surface area contributed by atoms with Crippen LogP contribution in [-0.4, -0.2) is 33.9 Å². The van der Waals surface area contributed by atoms with E-state index in [-0.39, 0.29) is 11.9 Å². The number of nitrogens with zero attached hydrogens (tertiary/aromatic N) is 3. The van der Waals surface area contributed by atoms with Crippen LogP contribution in [0, 0.1) is 11.3 Å². The van der Waals surface area contributed by atoms with Gasteiger partial charge in [-0.05, 0) is 61.7 Å². The third kappa shape index (κ3) is 5.10. The van der Waals surface area contributed by atoms with Crippen molar-refractivity contribution in [2.24, 2.45) is 11.3 Å². The number of carbonyl (C=O) groups excluding carboxylic acids is 1. The zero-order chi connectivity index (χ0) is 21.8. The fourth-order valence-electron chi connectivity index (χ4n) is 4.34. The summed E-state index contributed by atoms with van der Waals surface area (Å²) < 4.78 is 0. The Hall–Kier alpha value is -2.79. The maximum atomic E-state index is 12.8. The molecule has 1 fully saturated rings. The second-order valence-electron chi connectivity index (χ2n) is 9.56. The van der Waals surface area contributed by atoms with Gasteiger partial charge < -0.3 is 5.32 Å². The van der Waals surface area contributed by atoms with Crippen LogP contribution in [0.4, 0.5) is 0 Å². The molecule has 3 aromatic rings. The molecule has 1 aliphatic heterocycles. The molecule has 31 heavy (non-hydrogen) atoms. The summed E-state index contributed by atoms with van der Waals surface area (Å²) in [6.07, 6.45) is 5.74. The Kier molecular flexibility index (Phi) is 6.33. The molecule has 162 valence electrons. The average molecular weight is 417 g/mol. The average Bonchev–Trinajstić information content (AvgIpc) is 2.78. The van der Waals surface area contributed by atoms with Gasteiger partial charge in [-0.15, -0.1) is 0 Å². The zero-order valence-corrected chi connectivity index (χ0v) is 18.7. The van der Waals surface area contributed by atoms with Gasteiger partial charge in [0, 0.05) is 29.7 Å². The lowest BCUT2D eigenvalue weighted by Gasteiger charge is -2.37. The SMILES string of the molecule is CC(C)(C)C(=O)N[C@@H](c1ccccn1)C1CCN(Cc2cccc3ncccc23)CC1. The molecule has 0 aliphatic carbocycles. The second kappa shape index (κ2) is 9.15. The third-order valence-corrected chi connectivity index (χ3v) is 6.21. The van der Waals surface area contributed by atoms with E-state index in [0.717, 1.165) is 43.7 Å². The van der Waals surface area contributed by atoms with Crippen molar-refractivity contribution in [3.05, 3.63) is 72.2 Å². The Morgan fingerprint density at radius 2 is 1.81 bits per heavy atom. The van der Waals surface area contributed by atoms with E-state index in [1.54, 1.807) is 0 Å². The van der Waals surface area contributed by atoms with Gasteiger partial charge in [-0.25, -0.2) is 0 Å². The van der Waals surface area contributed by atoms with E-state index in [0.29, 0.717) is 5.92 Å². The van der Waals surface area contributed by atoms with Crippen LogP contribution in [0.5, 0.6) is 0 Å². The molecule has 0 unspecified atom stereocenters. The monoisotopic (exact) mass is 416 g/mol. The van der Waals surface area contributed by atoms with Gasteiger partial charge in [0.15, 0.2) is 0 Å². The number of rotatable bonds is 5. The molecule has 0 saturated carbocycles. The molecule has 0 spiro atoms. The molecule has 1 aromatic carbocycles. The molecule has 3 heterocycles. The maximum Gasteiger partial charge on any atom is 0.225 e. The lowest BCUT2D eigenvalue weighted by atomic mass is 9.85. The Labute approximate surface area is 184 Å². The van der Waals surface area contributed by atoms with Crippen LogP contribution in [0.25, 0.3) is 10.9 Å². The molecule has 5 nitrogen and oxygen atoms in total. The summed E-state index contributed by atoms with van der Waals surface area (Å²) in [5.74, 6) is 0.459. The summed E-state index contributed by atoms with van der Waals surface area (Å²) in [5.41, 5.74) is 2.91. The number of piperidine rings is 1. The van der Waals surface area contributed by atoms with Crippen LogP contribution < -0.4 is 5.32 Å². The smallest absolute Gasteiger partial charge is 0.225 e. The Morgan fingerprint density at radius 3 is 2.52 bits per heavy atom. The number of pyridine rings is 2. The molecule has 1 atom stereocenters. The van der Waals surface area contributed by atoms with Gasteiger partial charge >= 0.3 is 0 Å². The molecular formula is C26H32N4O. The molecule has 1 amide bonds. The Balaban J connectivity index is 1.45. The normalized spacial score (nSPS) is 16.9. The molecule has 4 rings (SSSR count). The minimum atomic E-state index is -0.421. The third-order valence-electron chi connectivity index (χ3n) is 6.21. The van der Waals surface area contributed by atoms with E-state index >= 15 is 0 Å². The standard InChI is InChI=1S/C26H32N4O/c1-26(2,3)25(31)29-24(23-10-4-5-14-28-23)19-12-16-30(17-13-19)18-20-8-6-11-22-21(20)9-7-15-27-22/h4-11,14-15,19,24H,12-13,16-18H2,1-3H3,(H,29,31)/t24-/m1/s1. The maximum absolute atomic E-state index is 12.8. The number of amides is 1. The van der Waals surface area contributed by atoms with E-state index in [1.165, 1.54) is 10.9 Å². The number of hydrogen-bond donors (Lipinski definition) is 1. The van der Waals surface area contributed by atoms with Crippen LogP contribution in [0.2, 0.25) is 0 Å². The van der Waals surface area contributed by atoms with Crippen LogP contribution in [0.3, 0.4) is 0 Å². The van der Waals surface area contributed by atoms with Gasteiger partial charge in [-0.1, -0.05) is 45.0 Å². The summed E-state index contributed by atoms with van der Waals surface area (Å²) in [5, 5.41) is 4.54. The first-order valence-electron chi connectivity index (χ1n) is 11.2. The first kappa shape index (κ1) is 21.4. The van der Waals surface area contributed by atoms with Gasteiger partial charge in [0.25, 0.3) is 0 Å². The highest BCUT2D eigenvalue weighted by molar-refractivity contribution is 5.82. The van der Waals surface area contributed by atoms with Crippen molar-refractivity contribution in [1.29, 1.82) is 0 Å². The molecular weight excluding hydrogens is 384 g/mol. The molecule has 0 radical (unpaired) electrons. The van der Waals surface area contributed by atoms with Crippen LogP contribution in [0.1, 0.15) is 50.9 Å². The number of aromatic nitrogens is 2. The van der Waals surface area contributed by atoms with Gasteiger partial charge in [-0.3, -0.25) is 19.7 Å². The van der Waals surface area contributed by atoms with Crippen molar-refractivity contribution in [2.45, 2.75) is 46.2 Å². The van der Waals surface area contributed by atoms with E-state index in [1.807, 2.05) is 57.4 Å². The molecule has 1 saturated heterocycles. The highest BCUT2D eigenvalue weighted by Crippen LogP contribution is 2.32. The van der Waals surface area contributed by atoms with E-state index in [9.17, 15) is 4.79 Å². The Bertz CT molecular complexity index is 1020. The van der Waals surface area contributed by atoms with E-state index in [4.69, 9.17) is 0 Å². The quantitative estimate of drug-likeness (QED) is 0.652. The van der Waals surface area contributed by atoms with Gasteiger partial charge in [-0.2, -0.15) is 0 Å². The van der Waals surface area contributed by atoms with Crippen LogP contribution in [-0.2, 0) is 11.3 Å². The van der Waals surface area contributed by atoms with E-state index < -0.39 is 5.41 Å². The number of nitrogens with one attached hydrogen (secondary N) is 1. The topological polar surface area (TPSA) is 58.1 Å². The van der Waals surface area contributed by atoms with Crippen LogP contribution in [0.15, 0.2) is 60.9 Å². The van der Waals surface area contributed by atoms with Crippen molar-refractivity contribution in [3.63, 3.8) is 0 Å². The summed E-state index contributed by atoms with van der Waals surface area (Å²) >= 11 is 0. The van der Waals surface area contributed by atoms with Crippen LogP contribution >= 0.6 is 0 Å². The number of carbonyl (C=O) groups is 1. The number of likely N-dealkylation sites (tertiary alicyclic amines) is 1. The van der Waals surface area contributed by atoms with Gasteiger partial charge in [0.2, 0.25) is 5.91 Å². The molecule has 0 bridgehead atoms. The first-order valence-corrected chi connectivity index (χ1v) is 11.2. The molecule has 1 aliphatic rings. The molecule has 5 heteroatoms. The van der Waals surface area contributed by atoms with Crippen molar-refractivity contribution in [2.75, 3.05) is 13.1 Å². The minimum Gasteiger partial charge on any atom is -0.347 e. The van der Waals surface area contributed by atoms with Gasteiger partial charge in [0.05, 0.1) is 17.3 Å². The summed E-state index contributed by atoms with van der Waals surface area (Å²) in [7, 11) is 0. The summed E-state index contributed by atoms with van der Waals surface area (Å²) in [6.45, 7) is 8.82. The summed E-state index contributed by atoms with van der Waals surface area (Å²) in [6, 6.07) is 16.4. The predicted molar refractivity (Wildman–Crippen MR) is 124 cm³/mol. The van der Waals surface area contributed by atoms with E-state index in [2.05, 4.69) is 44.5 Å². The highest BCUT2D eigenvalue weighted by atomic mass is 16.2. The largest absolute Gasteiger partial charge is 0.347 e. The summed E-state index contributed by atoms with van der Waals surface area (Å²) in [4.78, 5) is 24.3. The lowest BCUT2D eigenvalue weighted by Crippen LogP contribution is -2.44. The van der Waals surface area contributed by atoms with Crippen molar-refractivity contribution < 1.29 is 4.79 Å². The zero-order valence-electron chi connectivity index (χ0n) is 18.7. The number of fused-ring (bicyclic) bond motifs is 1. The fraction of sp³-hybridized carbons (Fsp3) is 0.423. The van der Waals surface area contributed by atoms with Crippen molar-refractivity contribution in [1.82, 2.24) is 20.2 Å².